The number of carboxylic acid groups (broad SMARTS) is 1. The molecule has 0 amide bonds. The van der Waals surface area contributed by atoms with Crippen LogP contribution in [0.25, 0.3) is 10.9 Å². The standard InChI is InChI=1S/C24H27N3O4S/c1-4-16(5-2)30-20-10-17(31-21-7-6-14(3)12-25-21)8-15-9-19(27-23(15)20)24-26-13-18(32-24)11-22(28)29/h6-10,12,16,18,27H,4-5,11,13H2,1-3H3,(H,28,29). The number of nitrogens with one attached hydrogen (secondary N) is 1. The Morgan fingerprint density at radius 2 is 2.09 bits per heavy atom. The maximum absolute atomic E-state index is 11.0. The minimum atomic E-state index is -0.803. The normalized spacial score (nSPS) is 15.9. The van der Waals surface area contributed by atoms with Crippen LogP contribution in [0, 0.1) is 6.92 Å². The number of ether oxygens (including phenoxy) is 2. The number of benzene rings is 1. The van der Waals surface area contributed by atoms with E-state index in [1.807, 2.05) is 37.3 Å². The fourth-order valence-electron chi connectivity index (χ4n) is 3.59. The highest BCUT2D eigenvalue weighted by Crippen LogP contribution is 2.36. The van der Waals surface area contributed by atoms with Gasteiger partial charge in [0, 0.05) is 29.0 Å². The smallest absolute Gasteiger partial charge is 0.304 e. The first-order valence-electron chi connectivity index (χ1n) is 10.8. The maximum atomic E-state index is 11.0. The highest BCUT2D eigenvalue weighted by molar-refractivity contribution is 8.15. The molecule has 0 fully saturated rings. The highest BCUT2D eigenvalue weighted by Gasteiger charge is 2.25. The van der Waals surface area contributed by atoms with Crippen molar-refractivity contribution in [1.82, 2.24) is 9.97 Å². The maximum Gasteiger partial charge on any atom is 0.304 e. The number of hydrogen-bond donors (Lipinski definition) is 2. The first-order valence-corrected chi connectivity index (χ1v) is 11.7. The molecule has 0 bridgehead atoms. The Morgan fingerprint density at radius 1 is 1.28 bits per heavy atom. The van der Waals surface area contributed by atoms with Gasteiger partial charge in [0.15, 0.2) is 0 Å². The molecule has 1 aliphatic rings. The van der Waals surface area contributed by atoms with Gasteiger partial charge in [-0.05, 0) is 37.5 Å². The van der Waals surface area contributed by atoms with Crippen LogP contribution in [0.4, 0.5) is 0 Å². The minimum Gasteiger partial charge on any atom is -0.488 e. The predicted octanol–water partition coefficient (Wildman–Crippen LogP) is 5.57. The molecule has 1 unspecified atom stereocenters. The van der Waals surface area contributed by atoms with Gasteiger partial charge in [0.2, 0.25) is 5.88 Å². The van der Waals surface area contributed by atoms with E-state index >= 15 is 0 Å². The van der Waals surface area contributed by atoms with Crippen molar-refractivity contribution in [3.63, 3.8) is 0 Å². The van der Waals surface area contributed by atoms with E-state index in [2.05, 4.69) is 28.8 Å². The Labute approximate surface area is 191 Å². The number of fused-ring (bicyclic) bond motifs is 1. The highest BCUT2D eigenvalue weighted by atomic mass is 32.2. The van der Waals surface area contributed by atoms with E-state index in [0.29, 0.717) is 18.2 Å². The number of aliphatic carboxylic acids is 1. The van der Waals surface area contributed by atoms with Gasteiger partial charge in [0.05, 0.1) is 30.3 Å². The second-order valence-corrected chi connectivity index (χ2v) is 9.17. The van der Waals surface area contributed by atoms with Crippen molar-refractivity contribution in [2.24, 2.45) is 4.99 Å². The minimum absolute atomic E-state index is 0.0410. The molecule has 7 nitrogen and oxygen atoms in total. The molecule has 32 heavy (non-hydrogen) atoms. The first-order chi connectivity index (χ1) is 15.4. The van der Waals surface area contributed by atoms with E-state index in [1.165, 1.54) is 11.8 Å². The Bertz CT molecular complexity index is 1140. The SMILES string of the molecule is CCC(CC)Oc1cc(Oc2ccc(C)cn2)cc2cc(C3=NCC(CC(=O)O)S3)[nH]c12. The molecule has 2 N–H and O–H groups in total. The molecule has 4 rings (SSSR count). The average molecular weight is 454 g/mol. The number of H-pyrrole nitrogens is 1. The van der Waals surface area contributed by atoms with Crippen LogP contribution < -0.4 is 9.47 Å². The zero-order valence-corrected chi connectivity index (χ0v) is 19.2. The Morgan fingerprint density at radius 3 is 2.78 bits per heavy atom. The van der Waals surface area contributed by atoms with E-state index in [1.54, 1.807) is 6.20 Å². The second-order valence-electron chi connectivity index (χ2n) is 7.88. The van der Waals surface area contributed by atoms with Gasteiger partial charge in [0.25, 0.3) is 0 Å². The van der Waals surface area contributed by atoms with Crippen molar-refractivity contribution in [2.75, 3.05) is 6.54 Å². The third-order valence-corrected chi connectivity index (χ3v) is 6.55. The summed E-state index contributed by atoms with van der Waals surface area (Å²) in [7, 11) is 0. The van der Waals surface area contributed by atoms with Gasteiger partial charge in [0.1, 0.15) is 16.5 Å². The summed E-state index contributed by atoms with van der Waals surface area (Å²) < 4.78 is 12.3. The lowest BCUT2D eigenvalue weighted by Crippen LogP contribution is -2.14. The third kappa shape index (κ3) is 5.07. The van der Waals surface area contributed by atoms with Crippen molar-refractivity contribution in [3.05, 3.63) is 47.8 Å². The molecular weight excluding hydrogens is 426 g/mol. The fraction of sp³-hybridized carbons (Fsp3) is 0.375. The number of carboxylic acids is 1. The van der Waals surface area contributed by atoms with E-state index < -0.39 is 5.97 Å². The zero-order valence-electron chi connectivity index (χ0n) is 18.4. The van der Waals surface area contributed by atoms with Gasteiger partial charge in [-0.2, -0.15) is 0 Å². The van der Waals surface area contributed by atoms with E-state index in [0.717, 1.165) is 45.8 Å². The number of aromatic nitrogens is 2. The molecule has 3 aromatic rings. The molecule has 2 aromatic heterocycles. The van der Waals surface area contributed by atoms with Crippen molar-refractivity contribution in [1.29, 1.82) is 0 Å². The van der Waals surface area contributed by atoms with Crippen LogP contribution in [0.3, 0.4) is 0 Å². The van der Waals surface area contributed by atoms with Crippen LogP contribution in [0.2, 0.25) is 0 Å². The van der Waals surface area contributed by atoms with Crippen molar-refractivity contribution in [3.8, 4) is 17.4 Å². The summed E-state index contributed by atoms with van der Waals surface area (Å²) in [5.74, 6) is 1.08. The van der Waals surface area contributed by atoms with E-state index in [9.17, 15) is 4.79 Å². The summed E-state index contributed by atoms with van der Waals surface area (Å²) in [4.78, 5) is 23.4. The van der Waals surface area contributed by atoms with Gasteiger partial charge in [-0.15, -0.1) is 0 Å². The van der Waals surface area contributed by atoms with E-state index in [4.69, 9.17) is 14.6 Å². The number of aromatic amines is 1. The largest absolute Gasteiger partial charge is 0.488 e. The van der Waals surface area contributed by atoms with Crippen molar-refractivity contribution >= 4 is 33.7 Å². The summed E-state index contributed by atoms with van der Waals surface area (Å²) in [6, 6.07) is 9.65. The summed E-state index contributed by atoms with van der Waals surface area (Å²) in [5, 5.41) is 10.8. The van der Waals surface area contributed by atoms with Gasteiger partial charge in [-0.3, -0.25) is 9.79 Å². The molecule has 0 radical (unpaired) electrons. The molecular formula is C24H27N3O4S. The molecule has 1 atom stereocenters. The summed E-state index contributed by atoms with van der Waals surface area (Å²) >= 11 is 1.50. The van der Waals surface area contributed by atoms with Crippen LogP contribution in [-0.4, -0.2) is 44.0 Å². The second kappa shape index (κ2) is 9.65. The fourth-order valence-corrected chi connectivity index (χ4v) is 4.67. The summed E-state index contributed by atoms with van der Waals surface area (Å²) in [6.07, 6.45) is 3.76. The number of aryl methyl sites for hydroxylation is 1. The number of rotatable bonds is 9. The number of pyridine rings is 1. The number of aliphatic imine (C=N–C) groups is 1. The molecule has 1 aliphatic heterocycles. The Kier molecular flexibility index (Phi) is 6.69. The third-order valence-electron chi connectivity index (χ3n) is 5.33. The van der Waals surface area contributed by atoms with Crippen LogP contribution in [-0.2, 0) is 4.79 Å². The molecule has 0 aliphatic carbocycles. The molecule has 8 heteroatoms. The topological polar surface area (TPSA) is 96.8 Å². The molecule has 3 heterocycles. The summed E-state index contributed by atoms with van der Waals surface area (Å²) in [6.45, 7) is 6.70. The predicted molar refractivity (Wildman–Crippen MR) is 127 cm³/mol. The number of thioether (sulfide) groups is 1. The Balaban J connectivity index is 1.67. The number of carbonyl (C=O) groups is 1. The van der Waals surface area contributed by atoms with Crippen LogP contribution in [0.15, 0.2) is 41.5 Å². The number of nitrogens with zero attached hydrogens (tertiary/aromatic N) is 2. The number of hydrogen-bond acceptors (Lipinski definition) is 6. The quantitative estimate of drug-likeness (QED) is 0.440. The van der Waals surface area contributed by atoms with Gasteiger partial charge >= 0.3 is 5.97 Å². The lowest BCUT2D eigenvalue weighted by atomic mass is 10.2. The van der Waals surface area contributed by atoms with Crippen LogP contribution in [0.1, 0.15) is 44.4 Å². The lowest BCUT2D eigenvalue weighted by molar-refractivity contribution is -0.136. The molecule has 1 aromatic carbocycles. The zero-order chi connectivity index (χ0) is 22.7. The lowest BCUT2D eigenvalue weighted by Gasteiger charge is -2.17. The van der Waals surface area contributed by atoms with Gasteiger partial charge in [-0.25, -0.2) is 4.98 Å². The van der Waals surface area contributed by atoms with Crippen LogP contribution >= 0.6 is 11.8 Å². The molecule has 0 saturated heterocycles. The van der Waals surface area contributed by atoms with Crippen molar-refractivity contribution < 1.29 is 19.4 Å². The molecule has 168 valence electrons. The van der Waals surface area contributed by atoms with Crippen molar-refractivity contribution in [2.45, 2.75) is 51.4 Å². The molecule has 0 saturated carbocycles. The Hall–Kier alpha value is -3.00. The van der Waals surface area contributed by atoms with Crippen LogP contribution in [0.5, 0.6) is 17.4 Å². The monoisotopic (exact) mass is 453 g/mol. The average Bonchev–Trinajstić information content (AvgIpc) is 3.40. The molecule has 0 spiro atoms. The van der Waals surface area contributed by atoms with Gasteiger partial charge < -0.3 is 19.6 Å². The van der Waals surface area contributed by atoms with E-state index in [-0.39, 0.29) is 17.8 Å². The summed E-state index contributed by atoms with van der Waals surface area (Å²) in [5.41, 5.74) is 2.80. The first kappa shape index (κ1) is 22.2. The van der Waals surface area contributed by atoms with Gasteiger partial charge in [-0.1, -0.05) is 31.7 Å².